The smallest absolute Gasteiger partial charge is 0.335 e. The van der Waals surface area contributed by atoms with Crippen LogP contribution in [0.2, 0.25) is 0 Å². The predicted molar refractivity (Wildman–Crippen MR) is 73.4 cm³/mol. The molecule has 2 aromatic rings. The van der Waals surface area contributed by atoms with Gasteiger partial charge in [0.25, 0.3) is 0 Å². The highest BCUT2D eigenvalue weighted by Gasteiger charge is 2.22. The number of fused-ring (bicyclic) bond motifs is 1. The lowest BCUT2D eigenvalue weighted by atomic mass is 9.88. The van der Waals surface area contributed by atoms with Gasteiger partial charge < -0.3 is 10.4 Å². The Labute approximate surface area is 116 Å². The third kappa shape index (κ3) is 2.30. The summed E-state index contributed by atoms with van der Waals surface area (Å²) < 4.78 is 13.0. The van der Waals surface area contributed by atoms with Crippen LogP contribution in [0.15, 0.2) is 42.5 Å². The van der Waals surface area contributed by atoms with Crippen LogP contribution < -0.4 is 5.32 Å². The normalized spacial score (nSPS) is 17.6. The molecule has 2 aromatic carbocycles. The van der Waals surface area contributed by atoms with E-state index in [9.17, 15) is 9.18 Å². The number of hydrogen-bond donors (Lipinski definition) is 2. The van der Waals surface area contributed by atoms with Crippen molar-refractivity contribution in [2.24, 2.45) is 0 Å². The van der Waals surface area contributed by atoms with E-state index in [2.05, 4.69) is 5.32 Å². The fourth-order valence-corrected chi connectivity index (χ4v) is 2.64. The molecule has 0 aliphatic carbocycles. The van der Waals surface area contributed by atoms with Gasteiger partial charge in [0.2, 0.25) is 0 Å². The molecule has 0 aromatic heterocycles. The molecule has 3 nitrogen and oxygen atoms in total. The Balaban J connectivity index is 2.06. The highest BCUT2D eigenvalue weighted by molar-refractivity contribution is 5.88. The van der Waals surface area contributed by atoms with Crippen LogP contribution >= 0.6 is 0 Å². The van der Waals surface area contributed by atoms with Crippen LogP contribution in [0.25, 0.3) is 0 Å². The molecule has 102 valence electrons. The fourth-order valence-electron chi connectivity index (χ4n) is 2.64. The maximum atomic E-state index is 13.0. The monoisotopic (exact) mass is 271 g/mol. The molecule has 0 bridgehead atoms. The van der Waals surface area contributed by atoms with E-state index in [-0.39, 0.29) is 17.4 Å². The molecular formula is C16H14FNO2. The summed E-state index contributed by atoms with van der Waals surface area (Å²) in [7, 11) is 0. The first kappa shape index (κ1) is 12.8. The Hall–Kier alpha value is -2.20. The number of benzene rings is 2. The van der Waals surface area contributed by atoms with Crippen LogP contribution in [-0.4, -0.2) is 17.6 Å². The van der Waals surface area contributed by atoms with Crippen molar-refractivity contribution < 1.29 is 14.3 Å². The van der Waals surface area contributed by atoms with Gasteiger partial charge in [0.05, 0.1) is 11.6 Å². The first-order valence-corrected chi connectivity index (χ1v) is 6.50. The van der Waals surface area contributed by atoms with Crippen LogP contribution in [0.5, 0.6) is 0 Å². The summed E-state index contributed by atoms with van der Waals surface area (Å²) in [5, 5.41) is 12.5. The maximum absolute atomic E-state index is 13.0. The molecule has 20 heavy (non-hydrogen) atoms. The van der Waals surface area contributed by atoms with Gasteiger partial charge in [0, 0.05) is 6.54 Å². The number of aromatic carboxylic acids is 1. The molecule has 0 spiro atoms. The number of carboxylic acids is 1. The molecule has 0 saturated carbocycles. The summed E-state index contributed by atoms with van der Waals surface area (Å²) >= 11 is 0. The molecule has 0 amide bonds. The van der Waals surface area contributed by atoms with E-state index in [1.54, 1.807) is 24.3 Å². The number of carbonyl (C=O) groups is 1. The van der Waals surface area contributed by atoms with E-state index in [1.165, 1.54) is 12.1 Å². The number of rotatable bonds is 2. The summed E-state index contributed by atoms with van der Waals surface area (Å²) in [5.74, 6) is -1.21. The van der Waals surface area contributed by atoms with Gasteiger partial charge in [-0.2, -0.15) is 0 Å². The van der Waals surface area contributed by atoms with Gasteiger partial charge in [0.1, 0.15) is 5.82 Å². The second kappa shape index (κ2) is 5.06. The molecule has 0 fully saturated rings. The molecule has 1 heterocycles. The zero-order chi connectivity index (χ0) is 14.1. The largest absolute Gasteiger partial charge is 0.478 e. The molecule has 0 radical (unpaired) electrons. The number of carboxylic acid groups (broad SMARTS) is 1. The summed E-state index contributed by atoms with van der Waals surface area (Å²) in [6, 6.07) is 11.4. The van der Waals surface area contributed by atoms with E-state index in [1.807, 2.05) is 6.07 Å². The van der Waals surface area contributed by atoms with E-state index < -0.39 is 5.97 Å². The average molecular weight is 271 g/mol. The number of nitrogens with one attached hydrogen (secondary N) is 1. The van der Waals surface area contributed by atoms with Gasteiger partial charge >= 0.3 is 5.97 Å². The Morgan fingerprint density at radius 1 is 1.20 bits per heavy atom. The second-order valence-electron chi connectivity index (χ2n) is 4.91. The van der Waals surface area contributed by atoms with Crippen molar-refractivity contribution in [2.45, 2.75) is 12.5 Å². The lowest BCUT2D eigenvalue weighted by Crippen LogP contribution is -2.30. The van der Waals surface area contributed by atoms with Gasteiger partial charge in [-0.05, 0) is 47.4 Å². The Morgan fingerprint density at radius 3 is 2.65 bits per heavy atom. The summed E-state index contributed by atoms with van der Waals surface area (Å²) in [4.78, 5) is 11.1. The number of halogens is 1. The zero-order valence-electron chi connectivity index (χ0n) is 10.8. The van der Waals surface area contributed by atoms with Gasteiger partial charge in [-0.3, -0.25) is 0 Å². The topological polar surface area (TPSA) is 49.3 Å². The van der Waals surface area contributed by atoms with Crippen LogP contribution in [0, 0.1) is 5.82 Å². The van der Waals surface area contributed by atoms with Crippen LogP contribution in [0.3, 0.4) is 0 Å². The maximum Gasteiger partial charge on any atom is 0.335 e. The summed E-state index contributed by atoms with van der Waals surface area (Å²) in [6.45, 7) is 0.821. The van der Waals surface area contributed by atoms with Crippen LogP contribution in [0.1, 0.15) is 33.1 Å². The Kier molecular flexibility index (Phi) is 3.24. The lowest BCUT2D eigenvalue weighted by Gasteiger charge is -2.27. The van der Waals surface area contributed by atoms with E-state index in [4.69, 9.17) is 5.11 Å². The SMILES string of the molecule is O=C(O)c1ccc2c(c1)[C@H](c1ccc(F)cc1)NCC2. The predicted octanol–water partition coefficient (Wildman–Crippen LogP) is 2.76. The van der Waals surface area contributed by atoms with Gasteiger partial charge in [-0.15, -0.1) is 0 Å². The van der Waals surface area contributed by atoms with Crippen LogP contribution in [0.4, 0.5) is 4.39 Å². The zero-order valence-corrected chi connectivity index (χ0v) is 10.8. The van der Waals surface area contributed by atoms with Crippen molar-refractivity contribution in [1.29, 1.82) is 0 Å². The first-order valence-electron chi connectivity index (χ1n) is 6.50. The van der Waals surface area contributed by atoms with Crippen molar-refractivity contribution in [3.63, 3.8) is 0 Å². The van der Waals surface area contributed by atoms with Crippen molar-refractivity contribution in [2.75, 3.05) is 6.54 Å². The molecule has 4 heteroatoms. The lowest BCUT2D eigenvalue weighted by molar-refractivity contribution is 0.0696. The van der Waals surface area contributed by atoms with Gasteiger partial charge in [-0.1, -0.05) is 18.2 Å². The van der Waals surface area contributed by atoms with Crippen molar-refractivity contribution in [3.05, 3.63) is 70.5 Å². The highest BCUT2D eigenvalue weighted by atomic mass is 19.1. The Bertz CT molecular complexity index is 652. The molecule has 1 aliphatic rings. The quantitative estimate of drug-likeness (QED) is 0.883. The fraction of sp³-hybridized carbons (Fsp3) is 0.188. The van der Waals surface area contributed by atoms with E-state index in [0.717, 1.165) is 29.7 Å². The molecule has 3 rings (SSSR count). The Morgan fingerprint density at radius 2 is 1.95 bits per heavy atom. The minimum absolute atomic E-state index is 0.0846. The molecule has 2 N–H and O–H groups in total. The van der Waals surface area contributed by atoms with Crippen LogP contribution in [-0.2, 0) is 6.42 Å². The van der Waals surface area contributed by atoms with Gasteiger partial charge in [0.15, 0.2) is 0 Å². The minimum atomic E-state index is -0.934. The minimum Gasteiger partial charge on any atom is -0.478 e. The molecule has 0 saturated heterocycles. The summed E-state index contributed by atoms with van der Waals surface area (Å²) in [6.07, 6.45) is 0.868. The third-order valence-corrected chi connectivity index (χ3v) is 3.65. The van der Waals surface area contributed by atoms with Crippen molar-refractivity contribution in [3.8, 4) is 0 Å². The van der Waals surface area contributed by atoms with Gasteiger partial charge in [-0.25, -0.2) is 9.18 Å². The standard InChI is InChI=1S/C16H14FNO2/c17-13-5-3-11(4-6-13)15-14-9-12(16(19)20)2-1-10(14)7-8-18-15/h1-6,9,15,18H,7-8H2,(H,19,20)/t15-/m0/s1. The van der Waals surface area contributed by atoms with Crippen molar-refractivity contribution in [1.82, 2.24) is 5.32 Å². The molecular weight excluding hydrogens is 257 g/mol. The average Bonchev–Trinajstić information content (AvgIpc) is 2.47. The third-order valence-electron chi connectivity index (χ3n) is 3.65. The van der Waals surface area contributed by atoms with E-state index in [0.29, 0.717) is 0 Å². The summed E-state index contributed by atoms with van der Waals surface area (Å²) in [5.41, 5.74) is 3.32. The first-order chi connectivity index (χ1) is 9.65. The second-order valence-corrected chi connectivity index (χ2v) is 4.91. The van der Waals surface area contributed by atoms with E-state index >= 15 is 0 Å². The molecule has 0 unspecified atom stereocenters. The number of hydrogen-bond acceptors (Lipinski definition) is 2. The molecule has 1 aliphatic heterocycles. The molecule has 1 atom stereocenters. The highest BCUT2D eigenvalue weighted by Crippen LogP contribution is 2.29. The van der Waals surface area contributed by atoms with Crippen molar-refractivity contribution >= 4 is 5.97 Å².